The van der Waals surface area contributed by atoms with Crippen molar-refractivity contribution in [2.75, 3.05) is 0 Å². The van der Waals surface area contributed by atoms with Crippen LogP contribution >= 0.6 is 11.3 Å². The number of aryl methyl sites for hydroxylation is 1. The number of nitrogens with zero attached hydrogens (tertiary/aromatic N) is 1. The van der Waals surface area contributed by atoms with Gasteiger partial charge in [-0.3, -0.25) is 10.1 Å². The Labute approximate surface area is 160 Å². The first kappa shape index (κ1) is 20.4. The number of aromatic nitrogens is 1. The molecule has 2 aromatic rings. The van der Waals surface area contributed by atoms with Crippen LogP contribution in [-0.2, 0) is 16.1 Å². The second-order valence-electron chi connectivity index (χ2n) is 6.07. The van der Waals surface area contributed by atoms with E-state index in [1.807, 2.05) is 17.6 Å². The van der Waals surface area contributed by atoms with Gasteiger partial charge in [-0.05, 0) is 25.0 Å². The van der Waals surface area contributed by atoms with Gasteiger partial charge in [0.1, 0.15) is 17.9 Å². The molecule has 1 atom stereocenters. The molecule has 0 aliphatic heterocycles. The number of amides is 3. The molecule has 3 N–H and O–H groups in total. The molecule has 27 heavy (non-hydrogen) atoms. The summed E-state index contributed by atoms with van der Waals surface area (Å²) in [6.45, 7) is 5.46. The molecule has 2 rings (SSSR count). The molecule has 9 heteroatoms. The number of nitrogens with two attached hydrogens (primary N) is 1. The van der Waals surface area contributed by atoms with E-state index in [4.69, 9.17) is 15.2 Å². The molecule has 0 bridgehead atoms. The molecule has 0 fully saturated rings. The topological polar surface area (TPSA) is 121 Å². The third kappa shape index (κ3) is 5.78. The highest BCUT2D eigenvalue weighted by molar-refractivity contribution is 7.09. The molecule has 144 valence electrons. The van der Waals surface area contributed by atoms with Crippen LogP contribution < -0.4 is 15.8 Å². The van der Waals surface area contributed by atoms with Crippen LogP contribution in [0.2, 0.25) is 0 Å². The van der Waals surface area contributed by atoms with Gasteiger partial charge in [0.15, 0.2) is 6.10 Å². The first-order valence-corrected chi connectivity index (χ1v) is 9.10. The number of ether oxygens (including phenoxy) is 2. The minimum atomic E-state index is -1.17. The number of para-hydroxylation sites is 1. The number of urea groups is 1. The third-order valence-corrected chi connectivity index (χ3v) is 4.32. The van der Waals surface area contributed by atoms with Crippen LogP contribution in [0.3, 0.4) is 0 Å². The maximum absolute atomic E-state index is 12.6. The number of benzene rings is 1. The molecule has 3 amide bonds. The van der Waals surface area contributed by atoms with Crippen molar-refractivity contribution >= 4 is 29.2 Å². The van der Waals surface area contributed by atoms with Gasteiger partial charge in [0.25, 0.3) is 5.91 Å². The van der Waals surface area contributed by atoms with Crippen molar-refractivity contribution in [3.05, 3.63) is 45.9 Å². The summed E-state index contributed by atoms with van der Waals surface area (Å²) in [6.07, 6.45) is -1.17. The van der Waals surface area contributed by atoms with Crippen molar-refractivity contribution < 1.29 is 23.9 Å². The Balaban J connectivity index is 2.12. The fourth-order valence-corrected chi connectivity index (χ4v) is 2.85. The fraction of sp³-hybridized carbons (Fsp3) is 0.333. The monoisotopic (exact) mass is 391 g/mol. The van der Waals surface area contributed by atoms with Gasteiger partial charge >= 0.3 is 12.0 Å². The zero-order valence-electron chi connectivity index (χ0n) is 15.2. The maximum Gasteiger partial charge on any atom is 0.342 e. The van der Waals surface area contributed by atoms with Crippen molar-refractivity contribution in [1.82, 2.24) is 10.3 Å². The highest BCUT2D eigenvalue weighted by atomic mass is 32.1. The van der Waals surface area contributed by atoms with E-state index in [2.05, 4.69) is 4.98 Å². The van der Waals surface area contributed by atoms with Crippen LogP contribution in [0.1, 0.15) is 34.9 Å². The maximum atomic E-state index is 12.6. The standard InChI is InChI=1S/C18H21N3O5S/c1-10(2)15(16(22)21-18(19)24)26-17(23)13-6-4-5-7-14(13)25-8-12-9-27-11(3)20-12/h4-7,9-10,15H,8H2,1-3H3,(H3,19,21,22,24)/t15-/m0/s1. The number of primary amides is 1. The molecule has 0 saturated carbocycles. The summed E-state index contributed by atoms with van der Waals surface area (Å²) < 4.78 is 11.0. The van der Waals surface area contributed by atoms with Crippen LogP contribution in [0, 0.1) is 12.8 Å². The number of nitrogens with one attached hydrogen (secondary N) is 1. The largest absolute Gasteiger partial charge is 0.486 e. The summed E-state index contributed by atoms with van der Waals surface area (Å²) in [4.78, 5) is 39.8. The average molecular weight is 391 g/mol. The van der Waals surface area contributed by atoms with Gasteiger partial charge in [-0.1, -0.05) is 26.0 Å². The van der Waals surface area contributed by atoms with Crippen LogP contribution in [0.4, 0.5) is 4.79 Å². The quantitative estimate of drug-likeness (QED) is 0.699. The van der Waals surface area contributed by atoms with Gasteiger partial charge < -0.3 is 15.2 Å². The number of hydrogen-bond acceptors (Lipinski definition) is 7. The Morgan fingerprint density at radius 3 is 2.56 bits per heavy atom. The lowest BCUT2D eigenvalue weighted by Crippen LogP contribution is -2.45. The molecule has 1 aromatic carbocycles. The first-order chi connectivity index (χ1) is 12.8. The second kappa shape index (κ2) is 9.13. The third-order valence-electron chi connectivity index (χ3n) is 3.49. The zero-order chi connectivity index (χ0) is 20.0. The van der Waals surface area contributed by atoms with Gasteiger partial charge in [0.2, 0.25) is 0 Å². The van der Waals surface area contributed by atoms with E-state index < -0.39 is 24.0 Å². The lowest BCUT2D eigenvalue weighted by Gasteiger charge is -2.20. The van der Waals surface area contributed by atoms with E-state index in [0.29, 0.717) is 5.75 Å². The number of hydrogen-bond donors (Lipinski definition) is 2. The lowest BCUT2D eigenvalue weighted by molar-refractivity contribution is -0.130. The average Bonchev–Trinajstić information content (AvgIpc) is 3.02. The number of esters is 1. The Morgan fingerprint density at radius 2 is 1.96 bits per heavy atom. The van der Waals surface area contributed by atoms with Crippen molar-refractivity contribution in [2.24, 2.45) is 11.7 Å². The fourth-order valence-electron chi connectivity index (χ4n) is 2.25. The summed E-state index contributed by atoms with van der Waals surface area (Å²) in [6, 6.07) is 5.53. The molecule has 0 radical (unpaired) electrons. The van der Waals surface area contributed by atoms with Gasteiger partial charge in [-0.2, -0.15) is 0 Å². The molecule has 1 aromatic heterocycles. The van der Waals surface area contributed by atoms with Crippen molar-refractivity contribution in [1.29, 1.82) is 0 Å². The van der Waals surface area contributed by atoms with Crippen LogP contribution in [0.5, 0.6) is 5.75 Å². The summed E-state index contributed by atoms with van der Waals surface area (Å²) in [5, 5.41) is 4.72. The molecule has 0 aliphatic carbocycles. The second-order valence-corrected chi connectivity index (χ2v) is 7.13. The van der Waals surface area contributed by atoms with Gasteiger partial charge in [0, 0.05) is 5.38 Å². The van der Waals surface area contributed by atoms with E-state index in [0.717, 1.165) is 10.7 Å². The first-order valence-electron chi connectivity index (χ1n) is 8.22. The Hall–Kier alpha value is -2.94. The number of carbonyl (C=O) groups is 3. The predicted molar refractivity (Wildman–Crippen MR) is 99.4 cm³/mol. The highest BCUT2D eigenvalue weighted by Gasteiger charge is 2.29. The van der Waals surface area contributed by atoms with E-state index in [1.54, 1.807) is 32.0 Å². The van der Waals surface area contributed by atoms with Gasteiger partial charge in [0.05, 0.1) is 10.7 Å². The van der Waals surface area contributed by atoms with E-state index in [1.165, 1.54) is 17.4 Å². The molecular weight excluding hydrogens is 370 g/mol. The van der Waals surface area contributed by atoms with Crippen LogP contribution in [0.25, 0.3) is 0 Å². The molecule has 0 unspecified atom stereocenters. The molecule has 1 heterocycles. The number of imide groups is 1. The van der Waals surface area contributed by atoms with E-state index in [-0.39, 0.29) is 18.1 Å². The normalized spacial score (nSPS) is 11.7. The minimum absolute atomic E-state index is 0.168. The Morgan fingerprint density at radius 1 is 1.26 bits per heavy atom. The lowest BCUT2D eigenvalue weighted by atomic mass is 10.1. The minimum Gasteiger partial charge on any atom is -0.486 e. The highest BCUT2D eigenvalue weighted by Crippen LogP contribution is 2.22. The molecular formula is C18H21N3O5S. The Bertz CT molecular complexity index is 834. The number of carbonyl (C=O) groups excluding carboxylic acids is 3. The molecule has 0 spiro atoms. The molecule has 0 aliphatic rings. The van der Waals surface area contributed by atoms with Crippen LogP contribution in [0.15, 0.2) is 29.6 Å². The summed E-state index contributed by atoms with van der Waals surface area (Å²) >= 11 is 1.50. The zero-order valence-corrected chi connectivity index (χ0v) is 16.0. The van der Waals surface area contributed by atoms with Gasteiger partial charge in [-0.25, -0.2) is 14.6 Å². The number of thiazole rings is 1. The summed E-state index contributed by atoms with van der Waals surface area (Å²) in [5.74, 6) is -1.56. The molecule has 8 nitrogen and oxygen atoms in total. The number of rotatable bonds is 7. The Kier molecular flexibility index (Phi) is 6.89. The molecule has 0 saturated heterocycles. The SMILES string of the molecule is Cc1nc(COc2ccccc2C(=O)O[C@H](C(=O)NC(N)=O)C(C)C)cs1. The van der Waals surface area contributed by atoms with Gasteiger partial charge in [-0.15, -0.1) is 11.3 Å². The van der Waals surface area contributed by atoms with Crippen LogP contribution in [-0.4, -0.2) is 29.0 Å². The smallest absolute Gasteiger partial charge is 0.342 e. The van der Waals surface area contributed by atoms with Crippen molar-refractivity contribution in [3.63, 3.8) is 0 Å². The summed E-state index contributed by atoms with van der Waals surface area (Å²) in [7, 11) is 0. The van der Waals surface area contributed by atoms with Crippen molar-refractivity contribution in [2.45, 2.75) is 33.5 Å². The van der Waals surface area contributed by atoms with E-state index in [9.17, 15) is 14.4 Å². The van der Waals surface area contributed by atoms with Crippen molar-refractivity contribution in [3.8, 4) is 5.75 Å². The van der Waals surface area contributed by atoms with E-state index >= 15 is 0 Å². The predicted octanol–water partition coefficient (Wildman–Crippen LogP) is 2.41. The summed E-state index contributed by atoms with van der Waals surface area (Å²) in [5.41, 5.74) is 5.88.